The van der Waals surface area contributed by atoms with Crippen molar-refractivity contribution < 1.29 is 0 Å². The first-order valence-electron chi connectivity index (χ1n) is 7.68. The number of piperidine rings is 1. The zero-order valence-electron chi connectivity index (χ0n) is 11.8. The quantitative estimate of drug-likeness (QED) is 0.810. The number of nitrogens with zero attached hydrogens (tertiary/aromatic N) is 1. The predicted molar refractivity (Wildman–Crippen MR) is 74.3 cm³/mol. The van der Waals surface area contributed by atoms with Crippen LogP contribution in [0.4, 0.5) is 0 Å². The molecule has 1 aliphatic heterocycles. The molecule has 1 heterocycles. The molecule has 100 valence electrons. The van der Waals surface area contributed by atoms with E-state index < -0.39 is 0 Å². The van der Waals surface area contributed by atoms with Gasteiger partial charge in [-0.05, 0) is 64.6 Å². The first kappa shape index (κ1) is 13.4. The summed E-state index contributed by atoms with van der Waals surface area (Å²) in [6.07, 6.45) is 10.1. The SMILES string of the molecule is CC(C1CCCCC1)N(C)CC1CCNCC1. The Morgan fingerprint density at radius 3 is 2.35 bits per heavy atom. The highest BCUT2D eigenvalue weighted by atomic mass is 15.1. The van der Waals surface area contributed by atoms with E-state index in [0.29, 0.717) is 0 Å². The molecule has 1 saturated carbocycles. The average molecular weight is 238 g/mol. The van der Waals surface area contributed by atoms with E-state index in [9.17, 15) is 0 Å². The summed E-state index contributed by atoms with van der Waals surface area (Å²) in [6.45, 7) is 6.24. The van der Waals surface area contributed by atoms with Gasteiger partial charge in [0.25, 0.3) is 0 Å². The zero-order valence-corrected chi connectivity index (χ0v) is 11.8. The van der Waals surface area contributed by atoms with E-state index in [2.05, 4.69) is 24.2 Å². The Balaban J connectivity index is 1.75. The van der Waals surface area contributed by atoms with Gasteiger partial charge in [0.15, 0.2) is 0 Å². The van der Waals surface area contributed by atoms with Crippen LogP contribution in [0, 0.1) is 11.8 Å². The molecule has 17 heavy (non-hydrogen) atoms. The predicted octanol–water partition coefficient (Wildman–Crippen LogP) is 2.89. The summed E-state index contributed by atoms with van der Waals surface area (Å²) in [5.41, 5.74) is 0. The van der Waals surface area contributed by atoms with Crippen molar-refractivity contribution in [2.45, 2.75) is 57.9 Å². The summed E-state index contributed by atoms with van der Waals surface area (Å²) >= 11 is 0. The van der Waals surface area contributed by atoms with Crippen molar-refractivity contribution in [3.8, 4) is 0 Å². The van der Waals surface area contributed by atoms with Gasteiger partial charge >= 0.3 is 0 Å². The molecule has 1 N–H and O–H groups in total. The lowest BCUT2D eigenvalue weighted by Crippen LogP contribution is -2.41. The van der Waals surface area contributed by atoms with Crippen LogP contribution >= 0.6 is 0 Å². The molecule has 0 spiro atoms. The van der Waals surface area contributed by atoms with Gasteiger partial charge in [0.2, 0.25) is 0 Å². The number of rotatable bonds is 4. The van der Waals surface area contributed by atoms with Gasteiger partial charge in [-0.1, -0.05) is 19.3 Å². The third-order valence-corrected chi connectivity index (χ3v) is 5.03. The van der Waals surface area contributed by atoms with E-state index in [4.69, 9.17) is 0 Å². The van der Waals surface area contributed by atoms with Gasteiger partial charge in [0, 0.05) is 12.6 Å². The molecule has 0 radical (unpaired) electrons. The normalized spacial score (nSPS) is 26.3. The minimum absolute atomic E-state index is 0.796. The van der Waals surface area contributed by atoms with Crippen LogP contribution in [0.5, 0.6) is 0 Å². The third kappa shape index (κ3) is 3.96. The highest BCUT2D eigenvalue weighted by Gasteiger charge is 2.25. The molecule has 1 atom stereocenters. The van der Waals surface area contributed by atoms with Gasteiger partial charge < -0.3 is 10.2 Å². The maximum Gasteiger partial charge on any atom is 0.00922 e. The smallest absolute Gasteiger partial charge is 0.00922 e. The molecule has 2 aliphatic rings. The first-order valence-corrected chi connectivity index (χ1v) is 7.68. The summed E-state index contributed by atoms with van der Waals surface area (Å²) in [7, 11) is 2.35. The Morgan fingerprint density at radius 2 is 1.71 bits per heavy atom. The Hall–Kier alpha value is -0.0800. The molecular formula is C15H30N2. The minimum Gasteiger partial charge on any atom is -0.317 e. The molecule has 0 bridgehead atoms. The molecule has 2 fully saturated rings. The van der Waals surface area contributed by atoms with Crippen molar-refractivity contribution >= 4 is 0 Å². The molecule has 1 saturated heterocycles. The highest BCUT2D eigenvalue weighted by molar-refractivity contribution is 4.79. The minimum atomic E-state index is 0.796. The van der Waals surface area contributed by atoms with Crippen molar-refractivity contribution in [3.05, 3.63) is 0 Å². The first-order chi connectivity index (χ1) is 8.27. The number of hydrogen-bond acceptors (Lipinski definition) is 2. The van der Waals surface area contributed by atoms with Crippen LogP contribution in [0.3, 0.4) is 0 Å². The molecule has 2 nitrogen and oxygen atoms in total. The van der Waals surface area contributed by atoms with Crippen molar-refractivity contribution in [2.75, 3.05) is 26.7 Å². The maximum absolute atomic E-state index is 3.46. The van der Waals surface area contributed by atoms with Crippen molar-refractivity contribution in [1.82, 2.24) is 10.2 Å². The van der Waals surface area contributed by atoms with Crippen LogP contribution in [0.1, 0.15) is 51.9 Å². The second kappa shape index (κ2) is 6.75. The van der Waals surface area contributed by atoms with E-state index in [1.54, 1.807) is 0 Å². The van der Waals surface area contributed by atoms with Gasteiger partial charge in [-0.2, -0.15) is 0 Å². The molecule has 2 heteroatoms. The fourth-order valence-electron chi connectivity index (χ4n) is 3.61. The summed E-state index contributed by atoms with van der Waals surface area (Å²) in [5.74, 6) is 1.91. The maximum atomic E-state index is 3.46. The molecule has 2 rings (SSSR count). The van der Waals surface area contributed by atoms with Gasteiger partial charge in [-0.3, -0.25) is 0 Å². The summed E-state index contributed by atoms with van der Waals surface area (Å²) < 4.78 is 0. The number of nitrogens with one attached hydrogen (secondary N) is 1. The van der Waals surface area contributed by atoms with Crippen molar-refractivity contribution in [2.24, 2.45) is 11.8 Å². The molecule has 1 unspecified atom stereocenters. The van der Waals surface area contributed by atoms with Crippen LogP contribution in [-0.4, -0.2) is 37.6 Å². The topological polar surface area (TPSA) is 15.3 Å². The number of hydrogen-bond donors (Lipinski definition) is 1. The van der Waals surface area contributed by atoms with Crippen LogP contribution in [0.15, 0.2) is 0 Å². The second-order valence-corrected chi connectivity index (χ2v) is 6.27. The van der Waals surface area contributed by atoms with Gasteiger partial charge in [-0.15, -0.1) is 0 Å². The molecule has 1 aliphatic carbocycles. The second-order valence-electron chi connectivity index (χ2n) is 6.27. The van der Waals surface area contributed by atoms with E-state index in [0.717, 1.165) is 17.9 Å². The van der Waals surface area contributed by atoms with Gasteiger partial charge in [0.05, 0.1) is 0 Å². The van der Waals surface area contributed by atoms with Crippen LogP contribution in [0.25, 0.3) is 0 Å². The van der Waals surface area contributed by atoms with Crippen LogP contribution in [0.2, 0.25) is 0 Å². The monoisotopic (exact) mass is 238 g/mol. The molecule has 0 aromatic heterocycles. The highest BCUT2D eigenvalue weighted by Crippen LogP contribution is 2.29. The average Bonchev–Trinajstić information content (AvgIpc) is 2.40. The largest absolute Gasteiger partial charge is 0.317 e. The third-order valence-electron chi connectivity index (χ3n) is 5.03. The molecular weight excluding hydrogens is 208 g/mol. The Morgan fingerprint density at radius 1 is 1.06 bits per heavy atom. The van der Waals surface area contributed by atoms with E-state index >= 15 is 0 Å². The molecule has 0 aromatic rings. The lowest BCUT2D eigenvalue weighted by Gasteiger charge is -2.37. The Kier molecular flexibility index (Phi) is 5.30. The lowest BCUT2D eigenvalue weighted by atomic mass is 9.83. The summed E-state index contributed by atoms with van der Waals surface area (Å²) in [5, 5.41) is 3.46. The molecule has 0 aromatic carbocycles. The van der Waals surface area contributed by atoms with Crippen molar-refractivity contribution in [1.29, 1.82) is 0 Å². The fraction of sp³-hybridized carbons (Fsp3) is 1.00. The van der Waals surface area contributed by atoms with E-state index in [1.165, 1.54) is 64.6 Å². The Bertz CT molecular complexity index is 205. The van der Waals surface area contributed by atoms with Crippen LogP contribution < -0.4 is 5.32 Å². The van der Waals surface area contributed by atoms with Gasteiger partial charge in [0.1, 0.15) is 0 Å². The lowest BCUT2D eigenvalue weighted by molar-refractivity contribution is 0.130. The van der Waals surface area contributed by atoms with Crippen LogP contribution in [-0.2, 0) is 0 Å². The zero-order chi connectivity index (χ0) is 12.1. The summed E-state index contributed by atoms with van der Waals surface area (Å²) in [6, 6.07) is 0.796. The fourth-order valence-corrected chi connectivity index (χ4v) is 3.61. The summed E-state index contributed by atoms with van der Waals surface area (Å²) in [4.78, 5) is 2.64. The van der Waals surface area contributed by atoms with E-state index in [1.807, 2.05) is 0 Å². The van der Waals surface area contributed by atoms with Crippen molar-refractivity contribution in [3.63, 3.8) is 0 Å². The Labute approximate surface area is 107 Å². The standard InChI is InChI=1S/C15H30N2/c1-13(15-6-4-3-5-7-15)17(2)12-14-8-10-16-11-9-14/h13-16H,3-12H2,1-2H3. The van der Waals surface area contributed by atoms with E-state index in [-0.39, 0.29) is 0 Å². The van der Waals surface area contributed by atoms with Gasteiger partial charge in [-0.25, -0.2) is 0 Å². The molecule has 0 amide bonds.